The zero-order valence-corrected chi connectivity index (χ0v) is 10.5. The first-order valence-corrected chi connectivity index (χ1v) is 5.68. The molecule has 2 N–H and O–H groups in total. The van der Waals surface area contributed by atoms with Crippen LogP contribution in [0.2, 0.25) is 0 Å². The van der Waals surface area contributed by atoms with Gasteiger partial charge in [0.2, 0.25) is 0 Å². The van der Waals surface area contributed by atoms with Crippen LogP contribution in [0, 0.1) is 32.8 Å². The van der Waals surface area contributed by atoms with Crippen molar-refractivity contribution in [2.45, 2.75) is 0 Å². The zero-order chi connectivity index (χ0) is 15.1. The highest BCUT2D eigenvalue weighted by molar-refractivity contribution is 5.69. The maximum absolute atomic E-state index is 11.1. The van der Waals surface area contributed by atoms with E-state index >= 15 is 0 Å². The molecule has 8 nitrogen and oxygen atoms in total. The third kappa shape index (κ3) is 3.20. The highest BCUT2D eigenvalue weighted by Gasteiger charge is 2.22. The summed E-state index contributed by atoms with van der Waals surface area (Å²) in [4.78, 5) is 11.8. The minimum Gasteiger partial charge on any atom is -0.395 e. The molecule has 0 aliphatic heterocycles. The van der Waals surface area contributed by atoms with Gasteiger partial charge in [0.15, 0.2) is 0 Å². The maximum Gasteiger partial charge on any atom is 0.293 e. The Morgan fingerprint density at radius 1 is 1.15 bits per heavy atom. The Hall–Kier alpha value is -2.68. The van der Waals surface area contributed by atoms with Gasteiger partial charge in [0, 0.05) is 19.2 Å². The minimum atomic E-state index is -0.668. The summed E-state index contributed by atoms with van der Waals surface area (Å²) in [5.41, 5.74) is -0.332. The van der Waals surface area contributed by atoms with E-state index in [4.69, 9.17) is 20.7 Å². The average Bonchev–Trinajstić information content (AvgIpc) is 2.45. The Kier molecular flexibility index (Phi) is 5.42. The molecule has 8 heteroatoms. The van der Waals surface area contributed by atoms with E-state index in [1.165, 1.54) is 11.0 Å². The summed E-state index contributed by atoms with van der Waals surface area (Å²) in [6.45, 7) is -0.394. The second-order valence-corrected chi connectivity index (χ2v) is 3.80. The molecule has 0 amide bonds. The smallest absolute Gasteiger partial charge is 0.293 e. The van der Waals surface area contributed by atoms with Gasteiger partial charge in [-0.25, -0.2) is 0 Å². The Morgan fingerprint density at radius 3 is 2.05 bits per heavy atom. The number of hydrogen-bond donors (Lipinski definition) is 2. The number of nitrogens with zero attached hydrogens (tertiary/aromatic N) is 4. The minimum absolute atomic E-state index is 0.00831. The normalized spacial score (nSPS) is 9.60. The summed E-state index contributed by atoms with van der Waals surface area (Å²) in [5.74, 6) is 0. The lowest BCUT2D eigenvalue weighted by molar-refractivity contribution is -0.384. The molecule has 0 atom stereocenters. The van der Waals surface area contributed by atoms with Gasteiger partial charge >= 0.3 is 0 Å². The third-order valence-corrected chi connectivity index (χ3v) is 2.63. The summed E-state index contributed by atoms with van der Waals surface area (Å²) in [7, 11) is 0. The molecule has 0 unspecified atom stereocenters. The van der Waals surface area contributed by atoms with Crippen molar-refractivity contribution in [2.75, 3.05) is 31.2 Å². The van der Waals surface area contributed by atoms with Crippen molar-refractivity contribution in [1.82, 2.24) is 0 Å². The summed E-state index contributed by atoms with van der Waals surface area (Å²) in [5, 5.41) is 46.8. The van der Waals surface area contributed by atoms with E-state index in [1.807, 2.05) is 0 Å². The topological polar surface area (TPSA) is 134 Å². The molecule has 0 aliphatic rings. The van der Waals surface area contributed by atoms with Gasteiger partial charge < -0.3 is 15.1 Å². The molecule has 104 valence electrons. The standard InChI is InChI=1S/C12H12N4O4/c13-7-9-5-11(15(1-3-17)2-4-18)12(16(19)20)6-10(9)8-14/h5-6,17-18H,1-4H2. The van der Waals surface area contributed by atoms with Crippen LogP contribution < -0.4 is 4.90 Å². The molecule has 0 fully saturated rings. The molecule has 0 saturated heterocycles. The van der Waals surface area contributed by atoms with Crippen LogP contribution in [0.4, 0.5) is 11.4 Å². The molecule has 0 spiro atoms. The lowest BCUT2D eigenvalue weighted by Crippen LogP contribution is -2.30. The quantitative estimate of drug-likeness (QED) is 0.556. The van der Waals surface area contributed by atoms with Gasteiger partial charge in [0.1, 0.15) is 17.8 Å². The highest BCUT2D eigenvalue weighted by Crippen LogP contribution is 2.31. The van der Waals surface area contributed by atoms with Gasteiger partial charge in [-0.3, -0.25) is 10.1 Å². The fourth-order valence-electron chi connectivity index (χ4n) is 1.76. The molecule has 0 heterocycles. The summed E-state index contributed by atoms with van der Waals surface area (Å²) >= 11 is 0. The highest BCUT2D eigenvalue weighted by atomic mass is 16.6. The number of nitriles is 2. The van der Waals surface area contributed by atoms with E-state index in [-0.39, 0.29) is 48.8 Å². The first-order chi connectivity index (χ1) is 9.58. The zero-order valence-electron chi connectivity index (χ0n) is 10.5. The molecular formula is C12H12N4O4. The van der Waals surface area contributed by atoms with Crippen LogP contribution in [-0.2, 0) is 0 Å². The van der Waals surface area contributed by atoms with Crippen LogP contribution in [-0.4, -0.2) is 41.4 Å². The lowest BCUT2D eigenvalue weighted by Gasteiger charge is -2.22. The van der Waals surface area contributed by atoms with Crippen molar-refractivity contribution >= 4 is 11.4 Å². The lowest BCUT2D eigenvalue weighted by atomic mass is 10.1. The second-order valence-electron chi connectivity index (χ2n) is 3.80. The molecule has 1 aromatic carbocycles. The number of rotatable bonds is 6. The largest absolute Gasteiger partial charge is 0.395 e. The van der Waals surface area contributed by atoms with Crippen LogP contribution in [0.1, 0.15) is 11.1 Å². The number of aliphatic hydroxyl groups excluding tert-OH is 2. The Labute approximate surface area is 114 Å². The second kappa shape index (κ2) is 7.04. The maximum atomic E-state index is 11.1. The van der Waals surface area contributed by atoms with Crippen LogP contribution in [0.5, 0.6) is 0 Å². The molecule has 0 bridgehead atoms. The van der Waals surface area contributed by atoms with Crippen molar-refractivity contribution in [1.29, 1.82) is 10.5 Å². The van der Waals surface area contributed by atoms with E-state index in [1.54, 1.807) is 12.1 Å². The van der Waals surface area contributed by atoms with Crippen LogP contribution in [0.3, 0.4) is 0 Å². The van der Waals surface area contributed by atoms with Gasteiger partial charge in [-0.1, -0.05) is 0 Å². The van der Waals surface area contributed by atoms with Crippen LogP contribution in [0.15, 0.2) is 12.1 Å². The Morgan fingerprint density at radius 2 is 1.65 bits per heavy atom. The molecule has 0 saturated carbocycles. The van der Waals surface area contributed by atoms with Gasteiger partial charge in [0.05, 0.1) is 29.3 Å². The average molecular weight is 276 g/mol. The van der Waals surface area contributed by atoms with Gasteiger partial charge in [0.25, 0.3) is 5.69 Å². The predicted molar refractivity (Wildman–Crippen MR) is 68.9 cm³/mol. The van der Waals surface area contributed by atoms with Crippen molar-refractivity contribution < 1.29 is 15.1 Å². The van der Waals surface area contributed by atoms with Crippen molar-refractivity contribution in [3.63, 3.8) is 0 Å². The molecule has 1 aromatic rings. The third-order valence-electron chi connectivity index (χ3n) is 2.63. The van der Waals surface area contributed by atoms with E-state index < -0.39 is 4.92 Å². The number of aliphatic hydroxyl groups is 2. The molecule has 0 radical (unpaired) electrons. The summed E-state index contributed by atoms with van der Waals surface area (Å²) < 4.78 is 0. The first kappa shape index (κ1) is 15.4. The number of nitro benzene ring substituents is 1. The monoisotopic (exact) mass is 276 g/mol. The first-order valence-electron chi connectivity index (χ1n) is 5.68. The molecule has 0 aromatic heterocycles. The Balaban J connectivity index is 3.46. The molecular weight excluding hydrogens is 264 g/mol. The summed E-state index contributed by atoms with van der Waals surface area (Å²) in [6.07, 6.45) is 0. The van der Waals surface area contributed by atoms with Crippen LogP contribution in [0.25, 0.3) is 0 Å². The Bertz CT molecular complexity index is 582. The van der Waals surface area contributed by atoms with E-state index in [9.17, 15) is 10.1 Å². The predicted octanol–water partition coefficient (Wildman–Crippen LogP) is 0.129. The van der Waals surface area contributed by atoms with Crippen LogP contribution >= 0.6 is 0 Å². The number of hydrogen-bond acceptors (Lipinski definition) is 7. The van der Waals surface area contributed by atoms with E-state index in [0.29, 0.717) is 0 Å². The van der Waals surface area contributed by atoms with Gasteiger partial charge in [-0.15, -0.1) is 0 Å². The van der Waals surface area contributed by atoms with E-state index in [2.05, 4.69) is 0 Å². The van der Waals surface area contributed by atoms with Crippen molar-refractivity contribution in [3.8, 4) is 12.1 Å². The fraction of sp³-hybridized carbons (Fsp3) is 0.333. The SMILES string of the molecule is N#Cc1cc(N(CCO)CCO)c([N+](=O)[O-])cc1C#N. The van der Waals surface area contributed by atoms with Gasteiger partial charge in [-0.05, 0) is 6.07 Å². The fourth-order valence-corrected chi connectivity index (χ4v) is 1.76. The van der Waals surface area contributed by atoms with Gasteiger partial charge in [-0.2, -0.15) is 10.5 Å². The molecule has 0 aliphatic carbocycles. The van der Waals surface area contributed by atoms with Crippen molar-refractivity contribution in [3.05, 3.63) is 33.4 Å². The number of benzene rings is 1. The summed E-state index contributed by atoms with van der Waals surface area (Å²) in [6, 6.07) is 5.77. The van der Waals surface area contributed by atoms with E-state index in [0.717, 1.165) is 6.07 Å². The molecule has 20 heavy (non-hydrogen) atoms. The number of nitro groups is 1. The van der Waals surface area contributed by atoms with Crippen molar-refractivity contribution in [2.24, 2.45) is 0 Å². The molecule has 1 rings (SSSR count). The number of anilines is 1.